The minimum Gasteiger partial charge on any atom is -0.462 e. The zero-order valence-corrected chi connectivity index (χ0v) is 14.3. The number of hydrogen-bond acceptors (Lipinski definition) is 4. The van der Waals surface area contributed by atoms with Gasteiger partial charge in [-0.15, -0.1) is 0 Å². The number of amides is 1. The van der Waals surface area contributed by atoms with E-state index < -0.39 is 5.60 Å². The van der Waals surface area contributed by atoms with Gasteiger partial charge in [0, 0.05) is 19.0 Å². The molecular formula is C18H25NO4. The second-order valence-electron chi connectivity index (χ2n) is 6.72. The van der Waals surface area contributed by atoms with Crippen LogP contribution in [0.25, 0.3) is 0 Å². The quantitative estimate of drug-likeness (QED) is 0.799. The van der Waals surface area contributed by atoms with Crippen molar-refractivity contribution in [3.8, 4) is 0 Å². The number of carbonyl (C=O) groups excluding carboxylic acids is 2. The molecule has 1 amide bonds. The molecule has 1 saturated heterocycles. The fraction of sp³-hybridized carbons (Fsp3) is 0.556. The number of esters is 1. The normalized spacial score (nSPS) is 17.9. The molecule has 1 aliphatic heterocycles. The molecule has 1 aromatic carbocycles. The fourth-order valence-corrected chi connectivity index (χ4v) is 2.75. The van der Waals surface area contributed by atoms with Gasteiger partial charge >= 0.3 is 12.1 Å². The predicted octanol–water partition coefficient (Wildman–Crippen LogP) is 3.59. The van der Waals surface area contributed by atoms with Gasteiger partial charge in [-0.25, -0.2) is 9.59 Å². The molecule has 0 spiro atoms. The van der Waals surface area contributed by atoms with Gasteiger partial charge in [0.25, 0.3) is 0 Å². The van der Waals surface area contributed by atoms with Gasteiger partial charge in [-0.1, -0.05) is 18.2 Å². The number of ether oxygens (including phenoxy) is 2. The van der Waals surface area contributed by atoms with Crippen LogP contribution < -0.4 is 0 Å². The van der Waals surface area contributed by atoms with E-state index in [2.05, 4.69) is 0 Å². The van der Waals surface area contributed by atoms with Crippen LogP contribution in [0.5, 0.6) is 0 Å². The lowest BCUT2D eigenvalue weighted by molar-refractivity contribution is 0.0292. The number of benzene rings is 1. The Hall–Kier alpha value is -2.04. The lowest BCUT2D eigenvalue weighted by Crippen LogP contribution is -2.35. The zero-order chi connectivity index (χ0) is 17.0. The topological polar surface area (TPSA) is 55.8 Å². The average molecular weight is 319 g/mol. The van der Waals surface area contributed by atoms with Crippen LogP contribution in [0.3, 0.4) is 0 Å². The maximum absolute atomic E-state index is 12.2. The van der Waals surface area contributed by atoms with E-state index in [1.807, 2.05) is 39.0 Å². The molecule has 0 aromatic heterocycles. The molecule has 2 rings (SSSR count). The van der Waals surface area contributed by atoms with Gasteiger partial charge in [-0.3, -0.25) is 0 Å². The second kappa shape index (κ2) is 7.02. The first-order valence-corrected chi connectivity index (χ1v) is 8.05. The molecule has 1 fully saturated rings. The highest BCUT2D eigenvalue weighted by Crippen LogP contribution is 2.30. The molecule has 1 aliphatic rings. The van der Waals surface area contributed by atoms with Crippen LogP contribution in [0, 0.1) is 0 Å². The number of nitrogens with zero attached hydrogens (tertiary/aromatic N) is 1. The van der Waals surface area contributed by atoms with Crippen molar-refractivity contribution in [2.24, 2.45) is 0 Å². The molecule has 1 atom stereocenters. The van der Waals surface area contributed by atoms with E-state index in [1.165, 1.54) is 0 Å². The Labute approximate surface area is 137 Å². The minimum absolute atomic E-state index is 0.128. The zero-order valence-electron chi connectivity index (χ0n) is 14.3. The summed E-state index contributed by atoms with van der Waals surface area (Å²) in [6.07, 6.45) is 0.518. The van der Waals surface area contributed by atoms with Gasteiger partial charge in [-0.2, -0.15) is 0 Å². The standard InChI is InChI=1S/C18H25NO4/c1-5-22-16(20)15-9-7-6-8-14(15)13-10-11-19(12-13)17(21)23-18(2,3)4/h6-9,13H,5,10-12H2,1-4H3. The molecule has 5 heteroatoms. The lowest BCUT2D eigenvalue weighted by atomic mass is 9.93. The van der Waals surface area contributed by atoms with E-state index in [0.29, 0.717) is 25.3 Å². The third-order valence-corrected chi connectivity index (χ3v) is 3.74. The Kier molecular flexibility index (Phi) is 5.29. The predicted molar refractivity (Wildman–Crippen MR) is 87.6 cm³/mol. The summed E-state index contributed by atoms with van der Waals surface area (Å²) in [6.45, 7) is 8.90. The summed E-state index contributed by atoms with van der Waals surface area (Å²) in [5, 5.41) is 0. The minimum atomic E-state index is -0.502. The van der Waals surface area contributed by atoms with Gasteiger partial charge in [-0.05, 0) is 45.7 Å². The van der Waals surface area contributed by atoms with Crippen LogP contribution in [-0.2, 0) is 9.47 Å². The van der Waals surface area contributed by atoms with Crippen molar-refractivity contribution < 1.29 is 19.1 Å². The number of rotatable bonds is 3. The van der Waals surface area contributed by atoms with E-state index in [-0.39, 0.29) is 18.0 Å². The third-order valence-electron chi connectivity index (χ3n) is 3.74. The van der Waals surface area contributed by atoms with E-state index >= 15 is 0 Å². The van der Waals surface area contributed by atoms with Crippen molar-refractivity contribution in [2.75, 3.05) is 19.7 Å². The lowest BCUT2D eigenvalue weighted by Gasteiger charge is -2.24. The first-order chi connectivity index (χ1) is 10.8. The van der Waals surface area contributed by atoms with Crippen molar-refractivity contribution in [3.63, 3.8) is 0 Å². The Balaban J connectivity index is 2.10. The van der Waals surface area contributed by atoms with E-state index in [9.17, 15) is 9.59 Å². The first-order valence-electron chi connectivity index (χ1n) is 8.05. The Morgan fingerprint density at radius 1 is 1.26 bits per heavy atom. The van der Waals surface area contributed by atoms with Gasteiger partial charge in [0.05, 0.1) is 12.2 Å². The fourth-order valence-electron chi connectivity index (χ4n) is 2.75. The molecule has 126 valence electrons. The van der Waals surface area contributed by atoms with E-state index in [4.69, 9.17) is 9.47 Å². The Morgan fingerprint density at radius 3 is 2.61 bits per heavy atom. The summed E-state index contributed by atoms with van der Waals surface area (Å²) < 4.78 is 10.5. The first kappa shape index (κ1) is 17.3. The molecule has 23 heavy (non-hydrogen) atoms. The van der Waals surface area contributed by atoms with Crippen LogP contribution in [-0.4, -0.2) is 42.3 Å². The summed E-state index contributed by atoms with van der Waals surface area (Å²) in [5.74, 6) is -0.179. The van der Waals surface area contributed by atoms with Crippen molar-refractivity contribution in [2.45, 2.75) is 45.6 Å². The maximum Gasteiger partial charge on any atom is 0.410 e. The van der Waals surface area contributed by atoms with Crippen molar-refractivity contribution in [1.82, 2.24) is 4.90 Å². The highest BCUT2D eigenvalue weighted by atomic mass is 16.6. The molecule has 0 bridgehead atoms. The van der Waals surface area contributed by atoms with Gasteiger partial charge in [0.2, 0.25) is 0 Å². The van der Waals surface area contributed by atoms with Crippen LogP contribution in [0.15, 0.2) is 24.3 Å². The summed E-state index contributed by atoms with van der Waals surface area (Å²) >= 11 is 0. The van der Waals surface area contributed by atoms with Gasteiger partial charge < -0.3 is 14.4 Å². The molecule has 5 nitrogen and oxygen atoms in total. The Morgan fingerprint density at radius 2 is 1.96 bits per heavy atom. The monoisotopic (exact) mass is 319 g/mol. The molecule has 0 N–H and O–H groups in total. The summed E-state index contributed by atoms with van der Waals surface area (Å²) in [4.78, 5) is 26.0. The molecule has 0 radical (unpaired) electrons. The number of likely N-dealkylation sites (tertiary alicyclic amines) is 1. The second-order valence-corrected chi connectivity index (χ2v) is 6.72. The van der Waals surface area contributed by atoms with E-state index in [0.717, 1.165) is 12.0 Å². The summed E-state index contributed by atoms with van der Waals surface area (Å²) in [5.41, 5.74) is 1.03. The van der Waals surface area contributed by atoms with Gasteiger partial charge in [0.1, 0.15) is 5.60 Å². The summed E-state index contributed by atoms with van der Waals surface area (Å²) in [7, 11) is 0. The van der Waals surface area contributed by atoms with Crippen LogP contribution >= 0.6 is 0 Å². The highest BCUT2D eigenvalue weighted by molar-refractivity contribution is 5.91. The van der Waals surface area contributed by atoms with Crippen molar-refractivity contribution in [3.05, 3.63) is 35.4 Å². The van der Waals surface area contributed by atoms with Crippen LogP contribution in [0.4, 0.5) is 4.79 Å². The molecule has 1 heterocycles. The largest absolute Gasteiger partial charge is 0.462 e. The van der Waals surface area contributed by atoms with Crippen molar-refractivity contribution in [1.29, 1.82) is 0 Å². The highest BCUT2D eigenvalue weighted by Gasteiger charge is 2.32. The number of hydrogen-bond donors (Lipinski definition) is 0. The van der Waals surface area contributed by atoms with E-state index in [1.54, 1.807) is 17.9 Å². The third kappa shape index (κ3) is 4.47. The number of carbonyl (C=O) groups is 2. The molecule has 0 saturated carbocycles. The molecule has 1 unspecified atom stereocenters. The van der Waals surface area contributed by atoms with Crippen LogP contribution in [0.1, 0.15) is 56.0 Å². The molecular weight excluding hydrogens is 294 g/mol. The Bertz CT molecular complexity index is 577. The maximum atomic E-state index is 12.2. The summed E-state index contributed by atoms with van der Waals surface area (Å²) in [6, 6.07) is 7.46. The van der Waals surface area contributed by atoms with Gasteiger partial charge in [0.15, 0.2) is 0 Å². The average Bonchev–Trinajstić information content (AvgIpc) is 2.95. The molecule has 0 aliphatic carbocycles. The smallest absolute Gasteiger partial charge is 0.410 e. The van der Waals surface area contributed by atoms with Crippen LogP contribution in [0.2, 0.25) is 0 Å². The SMILES string of the molecule is CCOC(=O)c1ccccc1C1CCN(C(=O)OC(C)(C)C)C1. The molecule has 1 aromatic rings. The van der Waals surface area contributed by atoms with Crippen molar-refractivity contribution >= 4 is 12.1 Å².